The lowest BCUT2D eigenvalue weighted by molar-refractivity contribution is -0.117. The van der Waals surface area contributed by atoms with Crippen molar-refractivity contribution in [3.8, 4) is 11.5 Å². The lowest BCUT2D eigenvalue weighted by Gasteiger charge is -2.34. The van der Waals surface area contributed by atoms with Gasteiger partial charge in [-0.2, -0.15) is 0 Å². The van der Waals surface area contributed by atoms with Gasteiger partial charge in [-0.3, -0.25) is 14.6 Å². The predicted molar refractivity (Wildman–Crippen MR) is 118 cm³/mol. The molecule has 0 unspecified atom stereocenters. The fourth-order valence-electron chi connectivity index (χ4n) is 3.68. The number of nitrogens with zero attached hydrogens (tertiary/aromatic N) is 2. The fraction of sp³-hybridized carbons (Fsp3) is 0.458. The molecule has 0 spiro atoms. The van der Waals surface area contributed by atoms with Gasteiger partial charge in [-0.15, -0.1) is 0 Å². The highest BCUT2D eigenvalue weighted by Gasteiger charge is 2.29. The van der Waals surface area contributed by atoms with Gasteiger partial charge >= 0.3 is 0 Å². The summed E-state index contributed by atoms with van der Waals surface area (Å²) in [6.07, 6.45) is 2.06. The van der Waals surface area contributed by atoms with E-state index in [0.29, 0.717) is 6.61 Å². The fourth-order valence-corrected chi connectivity index (χ4v) is 3.68. The molecule has 1 saturated carbocycles. The monoisotopic (exact) mass is 409 g/mol. The number of carbonyl (C=O) groups is 1. The molecule has 2 fully saturated rings. The molecule has 1 amide bonds. The second-order valence-electron chi connectivity index (χ2n) is 8.10. The van der Waals surface area contributed by atoms with E-state index in [-0.39, 0.29) is 11.8 Å². The normalized spacial score (nSPS) is 17.5. The number of nitrogens with one attached hydrogen (secondary N) is 1. The topological polar surface area (TPSA) is 54.0 Å². The molecule has 0 bridgehead atoms. The summed E-state index contributed by atoms with van der Waals surface area (Å²) < 4.78 is 11.0. The molecular formula is C24H31N3O3. The number of amides is 1. The molecule has 6 nitrogen and oxygen atoms in total. The maximum absolute atomic E-state index is 11.9. The molecule has 0 atom stereocenters. The van der Waals surface area contributed by atoms with E-state index in [1.165, 1.54) is 5.56 Å². The highest BCUT2D eigenvalue weighted by molar-refractivity contribution is 5.93. The molecule has 30 heavy (non-hydrogen) atoms. The van der Waals surface area contributed by atoms with E-state index in [1.807, 2.05) is 36.4 Å². The van der Waals surface area contributed by atoms with Crippen molar-refractivity contribution in [3.05, 3.63) is 54.1 Å². The number of rotatable bonds is 9. The summed E-state index contributed by atoms with van der Waals surface area (Å²) >= 11 is 0. The Morgan fingerprint density at radius 3 is 2.20 bits per heavy atom. The Labute approximate surface area is 178 Å². The lowest BCUT2D eigenvalue weighted by atomic mass is 10.1. The van der Waals surface area contributed by atoms with Gasteiger partial charge in [-0.25, -0.2) is 0 Å². The van der Waals surface area contributed by atoms with Crippen molar-refractivity contribution in [3.63, 3.8) is 0 Å². The van der Waals surface area contributed by atoms with Crippen LogP contribution in [0.1, 0.15) is 18.4 Å². The first-order chi connectivity index (χ1) is 14.7. The number of piperazine rings is 1. The van der Waals surface area contributed by atoms with Gasteiger partial charge in [0.2, 0.25) is 5.91 Å². The van der Waals surface area contributed by atoms with E-state index in [1.54, 1.807) is 7.11 Å². The van der Waals surface area contributed by atoms with Crippen LogP contribution < -0.4 is 14.8 Å². The summed E-state index contributed by atoms with van der Waals surface area (Å²) in [7, 11) is 1.67. The molecule has 0 radical (unpaired) electrons. The first-order valence-electron chi connectivity index (χ1n) is 10.8. The maximum atomic E-state index is 11.9. The van der Waals surface area contributed by atoms with E-state index in [0.717, 1.165) is 69.3 Å². The van der Waals surface area contributed by atoms with Crippen LogP contribution in [0.15, 0.2) is 48.5 Å². The van der Waals surface area contributed by atoms with Crippen LogP contribution in [-0.2, 0) is 11.3 Å². The van der Waals surface area contributed by atoms with Crippen molar-refractivity contribution in [2.75, 3.05) is 51.8 Å². The van der Waals surface area contributed by atoms with Gasteiger partial charge in [0.25, 0.3) is 0 Å². The number of carbonyl (C=O) groups excluding carboxylic acids is 1. The third-order valence-corrected chi connectivity index (χ3v) is 5.78. The zero-order valence-corrected chi connectivity index (χ0v) is 17.7. The Morgan fingerprint density at radius 2 is 1.57 bits per heavy atom. The molecule has 2 aromatic rings. The number of anilines is 1. The zero-order chi connectivity index (χ0) is 20.8. The van der Waals surface area contributed by atoms with E-state index in [9.17, 15) is 4.79 Å². The van der Waals surface area contributed by atoms with Crippen LogP contribution >= 0.6 is 0 Å². The highest BCUT2D eigenvalue weighted by atomic mass is 16.5. The molecule has 1 aliphatic heterocycles. The van der Waals surface area contributed by atoms with Crippen LogP contribution in [0.4, 0.5) is 5.69 Å². The van der Waals surface area contributed by atoms with Crippen molar-refractivity contribution in [1.82, 2.24) is 9.80 Å². The second kappa shape index (κ2) is 9.96. The van der Waals surface area contributed by atoms with Crippen LogP contribution in [-0.4, -0.2) is 62.1 Å². The highest BCUT2D eigenvalue weighted by Crippen LogP contribution is 2.30. The van der Waals surface area contributed by atoms with Crippen LogP contribution in [0, 0.1) is 5.92 Å². The Bertz CT molecular complexity index is 811. The molecule has 1 saturated heterocycles. The van der Waals surface area contributed by atoms with Gasteiger partial charge in [0.15, 0.2) is 0 Å². The average molecular weight is 410 g/mol. The van der Waals surface area contributed by atoms with Crippen molar-refractivity contribution in [2.24, 2.45) is 5.92 Å². The molecule has 4 rings (SSSR count). The Balaban J connectivity index is 1.14. The van der Waals surface area contributed by atoms with Crippen molar-refractivity contribution < 1.29 is 14.3 Å². The third kappa shape index (κ3) is 5.97. The average Bonchev–Trinajstić information content (AvgIpc) is 3.62. The predicted octanol–water partition coefficient (Wildman–Crippen LogP) is 3.24. The summed E-state index contributed by atoms with van der Waals surface area (Å²) in [5.74, 6) is 2.12. The molecule has 1 N–H and O–H groups in total. The number of methoxy groups -OCH3 is 1. The SMILES string of the molecule is COc1ccc(OCCN2CCN(Cc3ccc(NC(=O)C4CC4)cc3)CC2)cc1. The smallest absolute Gasteiger partial charge is 0.227 e. The minimum Gasteiger partial charge on any atom is -0.497 e. The largest absolute Gasteiger partial charge is 0.497 e. The zero-order valence-electron chi connectivity index (χ0n) is 17.7. The van der Waals surface area contributed by atoms with Gasteiger partial charge in [0.05, 0.1) is 7.11 Å². The standard InChI is InChI=1S/C24H31N3O3/c1-29-22-8-10-23(11-9-22)30-17-16-26-12-14-27(15-13-26)18-19-2-6-21(7-3-19)25-24(28)20-4-5-20/h2-3,6-11,20H,4-5,12-18H2,1H3,(H,25,28). The lowest BCUT2D eigenvalue weighted by Crippen LogP contribution is -2.47. The minimum absolute atomic E-state index is 0.162. The van der Waals surface area contributed by atoms with Gasteiger partial charge in [-0.1, -0.05) is 12.1 Å². The van der Waals surface area contributed by atoms with E-state index in [4.69, 9.17) is 9.47 Å². The van der Waals surface area contributed by atoms with Gasteiger partial charge in [0, 0.05) is 50.9 Å². The van der Waals surface area contributed by atoms with E-state index in [2.05, 4.69) is 27.2 Å². The van der Waals surface area contributed by atoms with E-state index < -0.39 is 0 Å². The number of ether oxygens (including phenoxy) is 2. The van der Waals surface area contributed by atoms with Crippen LogP contribution in [0.5, 0.6) is 11.5 Å². The minimum atomic E-state index is 0.162. The first-order valence-corrected chi connectivity index (χ1v) is 10.8. The van der Waals surface area contributed by atoms with Crippen molar-refractivity contribution >= 4 is 11.6 Å². The quantitative estimate of drug-likeness (QED) is 0.689. The van der Waals surface area contributed by atoms with Crippen molar-refractivity contribution in [1.29, 1.82) is 0 Å². The molecule has 0 aromatic heterocycles. The molecular weight excluding hydrogens is 378 g/mol. The summed E-state index contributed by atoms with van der Waals surface area (Å²) in [6, 6.07) is 16.0. The molecule has 1 heterocycles. The molecule has 2 aromatic carbocycles. The Kier molecular flexibility index (Phi) is 6.87. The molecule has 1 aliphatic carbocycles. The van der Waals surface area contributed by atoms with Gasteiger partial charge in [0.1, 0.15) is 18.1 Å². The number of hydrogen-bond donors (Lipinski definition) is 1. The Morgan fingerprint density at radius 1 is 0.933 bits per heavy atom. The molecule has 160 valence electrons. The number of hydrogen-bond acceptors (Lipinski definition) is 5. The Hall–Kier alpha value is -2.57. The van der Waals surface area contributed by atoms with E-state index >= 15 is 0 Å². The van der Waals surface area contributed by atoms with Crippen LogP contribution in [0.3, 0.4) is 0 Å². The van der Waals surface area contributed by atoms with Crippen LogP contribution in [0.25, 0.3) is 0 Å². The molecule has 2 aliphatic rings. The summed E-state index contributed by atoms with van der Waals surface area (Å²) in [5.41, 5.74) is 2.19. The maximum Gasteiger partial charge on any atom is 0.227 e. The van der Waals surface area contributed by atoms with Crippen LogP contribution in [0.2, 0.25) is 0 Å². The summed E-state index contributed by atoms with van der Waals surface area (Å²) in [6.45, 7) is 6.82. The first kappa shape index (κ1) is 20.7. The summed E-state index contributed by atoms with van der Waals surface area (Å²) in [4.78, 5) is 16.8. The van der Waals surface area contributed by atoms with Gasteiger partial charge < -0.3 is 14.8 Å². The van der Waals surface area contributed by atoms with Crippen molar-refractivity contribution in [2.45, 2.75) is 19.4 Å². The van der Waals surface area contributed by atoms with Gasteiger partial charge in [-0.05, 0) is 54.8 Å². The second-order valence-corrected chi connectivity index (χ2v) is 8.10. The molecule has 6 heteroatoms. The summed E-state index contributed by atoms with van der Waals surface area (Å²) in [5, 5.41) is 3.00. The third-order valence-electron chi connectivity index (χ3n) is 5.78. The number of benzene rings is 2.